The Labute approximate surface area is 376 Å². The Hall–Kier alpha value is -3.31. The first-order valence-electron chi connectivity index (χ1n) is 21.4. The van der Waals surface area contributed by atoms with Crippen molar-refractivity contribution in [3.63, 3.8) is 0 Å². The molecule has 0 aliphatic heterocycles. The van der Waals surface area contributed by atoms with E-state index in [1.54, 1.807) is 44.1 Å². The molecule has 0 saturated heterocycles. The summed E-state index contributed by atoms with van der Waals surface area (Å²) >= 11 is 1.30. The molecule has 0 heterocycles. The number of benzene rings is 4. The van der Waals surface area contributed by atoms with Crippen LogP contribution in [0, 0.1) is 53.4 Å². The molecule has 1 atom stereocenters. The van der Waals surface area contributed by atoms with Crippen LogP contribution in [0.4, 0.5) is 26.3 Å². The topological polar surface area (TPSA) is 0 Å². The van der Waals surface area contributed by atoms with Crippen LogP contribution in [0.15, 0.2) is 96.1 Å². The summed E-state index contributed by atoms with van der Waals surface area (Å²) in [6, 6.07) is 29.2. The molecule has 0 radical (unpaired) electrons. The molecule has 0 spiro atoms. The van der Waals surface area contributed by atoms with E-state index in [9.17, 15) is 26.3 Å². The molecule has 4 aromatic rings. The van der Waals surface area contributed by atoms with Crippen molar-refractivity contribution >= 4 is 4.21 Å². The van der Waals surface area contributed by atoms with Gasteiger partial charge in [-0.2, -0.15) is 122 Å². The Bertz CT molecular complexity index is 1980. The Balaban J connectivity index is 0.000000160. The van der Waals surface area contributed by atoms with Crippen LogP contribution in [0.3, 0.4) is 0 Å². The predicted molar refractivity (Wildman–Crippen MR) is 233 cm³/mol. The minimum absolute atomic E-state index is 0.167. The van der Waals surface area contributed by atoms with Crippen molar-refractivity contribution in [1.82, 2.24) is 0 Å². The molecule has 61 heavy (non-hydrogen) atoms. The predicted octanol–water partition coefficient (Wildman–Crippen LogP) is 15.5. The van der Waals surface area contributed by atoms with Crippen LogP contribution >= 0.6 is 0 Å². The molecule has 6 aliphatic carbocycles. The molecule has 6 aliphatic rings. The Kier molecular flexibility index (Phi) is 15.7. The Morgan fingerprint density at radius 3 is 1.59 bits per heavy atom. The van der Waals surface area contributed by atoms with Crippen molar-refractivity contribution in [3.05, 3.63) is 154 Å². The molecule has 4 bridgehead atoms. The van der Waals surface area contributed by atoms with E-state index in [4.69, 9.17) is 0 Å². The molecule has 1 unspecified atom stereocenters. The van der Waals surface area contributed by atoms with Gasteiger partial charge >= 0.3 is 40.8 Å². The van der Waals surface area contributed by atoms with Crippen molar-refractivity contribution in [1.29, 1.82) is 0 Å². The summed E-state index contributed by atoms with van der Waals surface area (Å²) in [7, 11) is 0. The zero-order valence-electron chi connectivity index (χ0n) is 37.0. The van der Waals surface area contributed by atoms with Gasteiger partial charge in [0.25, 0.3) is 0 Å². The minimum atomic E-state index is -4.24. The van der Waals surface area contributed by atoms with Crippen LogP contribution in [0.5, 0.6) is 0 Å². The van der Waals surface area contributed by atoms with Gasteiger partial charge in [-0.05, 0) is 90.1 Å². The number of allylic oxidation sites excluding steroid dienone is 4. The average Bonchev–Trinajstić information content (AvgIpc) is 3.71. The summed E-state index contributed by atoms with van der Waals surface area (Å²) in [5.41, 5.74) is 11.2. The molecule has 0 aromatic heterocycles. The fourth-order valence-electron chi connectivity index (χ4n) is 10.2. The van der Waals surface area contributed by atoms with Gasteiger partial charge in [0.1, 0.15) is 0 Å². The number of halogens is 6. The van der Waals surface area contributed by atoms with Crippen LogP contribution in [0.25, 0.3) is 11.1 Å². The van der Waals surface area contributed by atoms with Crippen LogP contribution in [0.1, 0.15) is 134 Å². The van der Waals surface area contributed by atoms with E-state index in [1.165, 1.54) is 93.9 Å². The molecular formula is C54H60F6Zr-4. The third kappa shape index (κ3) is 12.9. The summed E-state index contributed by atoms with van der Waals surface area (Å²) in [5.74, 6) is 3.82. The van der Waals surface area contributed by atoms with Gasteiger partial charge in [-0.25, -0.2) is 5.57 Å². The first kappa shape index (κ1) is 48.7. The van der Waals surface area contributed by atoms with E-state index >= 15 is 0 Å². The second kappa shape index (κ2) is 19.6. The van der Waals surface area contributed by atoms with Crippen molar-refractivity contribution in [2.24, 2.45) is 29.1 Å². The van der Waals surface area contributed by atoms with E-state index in [-0.39, 0.29) is 10.8 Å². The zero-order valence-corrected chi connectivity index (χ0v) is 39.5. The molecule has 4 aromatic carbocycles. The SMILES string of the molecule is CC(C)(C)c1[c-]c2c(cc1)-c1ccc(C(C)(C)C)cc1C2.CC1=[C-]C(C)C=C1CC12CC3CC(CC(C3)C1)C2.FC(F)(F)c1c[c-]ccc1.FC(F)(F)c1c[c-]ccc1.[CH2]=[Zr]. The fourth-order valence-corrected chi connectivity index (χ4v) is 10.2. The fraction of sp³-hybridized carbons (Fsp3) is 0.463. The van der Waals surface area contributed by atoms with Gasteiger partial charge in [0.05, 0.1) is 0 Å². The van der Waals surface area contributed by atoms with Crippen LogP contribution in [-0.4, -0.2) is 4.21 Å². The number of alkyl halides is 6. The summed E-state index contributed by atoms with van der Waals surface area (Å²) < 4.78 is 73.9. The number of hydrogen-bond acceptors (Lipinski definition) is 0. The van der Waals surface area contributed by atoms with Gasteiger partial charge in [-0.15, -0.1) is 11.1 Å². The average molecular weight is 914 g/mol. The molecule has 326 valence electrons. The normalized spacial score (nSPS) is 23.2. The second-order valence-electron chi connectivity index (χ2n) is 19.7. The van der Waals surface area contributed by atoms with Gasteiger partial charge in [0.15, 0.2) is 0 Å². The molecular weight excluding hydrogens is 854 g/mol. The van der Waals surface area contributed by atoms with E-state index in [2.05, 4.69) is 120 Å². The second-order valence-corrected chi connectivity index (χ2v) is 19.7. The molecule has 0 nitrogen and oxygen atoms in total. The summed E-state index contributed by atoms with van der Waals surface area (Å²) in [6.07, 6.45) is 9.29. The van der Waals surface area contributed by atoms with Crippen molar-refractivity contribution < 1.29 is 50.6 Å². The molecule has 7 heteroatoms. The molecule has 0 N–H and O–H groups in total. The summed E-state index contributed by atoms with van der Waals surface area (Å²) in [6.45, 7) is 18.1. The van der Waals surface area contributed by atoms with Crippen LogP contribution in [-0.2, 0) is 53.8 Å². The van der Waals surface area contributed by atoms with Gasteiger partial charge in [-0.3, -0.25) is 6.08 Å². The molecule has 4 fully saturated rings. The first-order chi connectivity index (χ1) is 28.5. The van der Waals surface area contributed by atoms with Crippen LogP contribution < -0.4 is 0 Å². The molecule has 0 amide bonds. The molecule has 4 saturated carbocycles. The monoisotopic (exact) mass is 912 g/mol. The molecule has 10 rings (SSSR count). The third-order valence-electron chi connectivity index (χ3n) is 12.6. The van der Waals surface area contributed by atoms with E-state index in [0.29, 0.717) is 11.3 Å². The van der Waals surface area contributed by atoms with Crippen molar-refractivity contribution in [3.8, 4) is 11.1 Å². The summed E-state index contributed by atoms with van der Waals surface area (Å²) in [4.78, 5) is 0. The number of fused-ring (bicyclic) bond motifs is 3. The van der Waals surface area contributed by atoms with Crippen molar-refractivity contribution in [2.75, 3.05) is 0 Å². The van der Waals surface area contributed by atoms with Gasteiger partial charge < -0.3 is 0 Å². The van der Waals surface area contributed by atoms with E-state index in [0.717, 1.165) is 48.4 Å². The van der Waals surface area contributed by atoms with Crippen LogP contribution in [0.2, 0.25) is 0 Å². The first-order valence-corrected chi connectivity index (χ1v) is 23.2. The zero-order chi connectivity index (χ0) is 45.0. The third-order valence-corrected chi connectivity index (χ3v) is 12.6. The van der Waals surface area contributed by atoms with Gasteiger partial charge in [0, 0.05) is 0 Å². The van der Waals surface area contributed by atoms with Gasteiger partial charge in [-0.1, -0.05) is 103 Å². The Morgan fingerprint density at radius 2 is 1.20 bits per heavy atom. The standard InChI is InChI=1S/C21H25.C18H25.2C7H4F3.CH2.Zr/c1-20(2,3)16-7-9-18-14(12-16)11-15-13-17(21(4,5)6)8-10-19(15)18;1-12-3-13(2)17(4-12)11-18-8-14-5-15(9-18)7-16(6-14)10-18;2*8-7(9,10)6-4-2-1-3-5-6;;/h7-10,12H,11H2,1-6H3;4,12,14-16H,5-11H2,1-2H3;2*1-2,4-5H;1H2;/q4*-1;;. The van der Waals surface area contributed by atoms with Crippen molar-refractivity contribution in [2.45, 2.75) is 130 Å². The van der Waals surface area contributed by atoms with E-state index < -0.39 is 23.5 Å². The maximum absolute atomic E-state index is 11.8. The Morgan fingerprint density at radius 1 is 0.689 bits per heavy atom. The van der Waals surface area contributed by atoms with E-state index in [1.807, 2.05) is 0 Å². The summed E-state index contributed by atoms with van der Waals surface area (Å²) in [5, 5.41) is 0. The maximum atomic E-state index is 11.8. The number of hydrogen-bond donors (Lipinski definition) is 0. The van der Waals surface area contributed by atoms with Gasteiger partial charge in [0.2, 0.25) is 0 Å². The quantitative estimate of drug-likeness (QED) is 0.122. The number of rotatable bonds is 2.